The van der Waals surface area contributed by atoms with Crippen LogP contribution in [0.15, 0.2) is 46.9 Å². The van der Waals surface area contributed by atoms with E-state index in [0.29, 0.717) is 12.2 Å². The Labute approximate surface area is 152 Å². The highest BCUT2D eigenvalue weighted by atomic mass is 79.9. The van der Waals surface area contributed by atoms with E-state index in [0.717, 1.165) is 21.5 Å². The van der Waals surface area contributed by atoms with E-state index in [4.69, 9.17) is 9.47 Å². The van der Waals surface area contributed by atoms with E-state index in [-0.39, 0.29) is 25.0 Å². The summed E-state index contributed by atoms with van der Waals surface area (Å²) in [6.45, 7) is 0.828. The molecule has 2 heterocycles. The van der Waals surface area contributed by atoms with Crippen molar-refractivity contribution < 1.29 is 24.4 Å². The van der Waals surface area contributed by atoms with Crippen molar-refractivity contribution in [3.05, 3.63) is 52.5 Å². The smallest absolute Gasteiger partial charge is 0.292 e. The van der Waals surface area contributed by atoms with E-state index in [2.05, 4.69) is 15.9 Å². The summed E-state index contributed by atoms with van der Waals surface area (Å²) in [5.41, 5.74) is 1.63. The molecule has 7 heteroatoms. The molecule has 0 bridgehead atoms. The number of rotatable bonds is 4. The Kier molecular flexibility index (Phi) is 4.19. The molecule has 6 nitrogen and oxygen atoms in total. The Morgan fingerprint density at radius 1 is 1.08 bits per heavy atom. The second-order valence-corrected chi connectivity index (χ2v) is 6.90. The number of benzene rings is 2. The predicted molar refractivity (Wildman–Crippen MR) is 93.2 cm³/mol. The van der Waals surface area contributed by atoms with Crippen LogP contribution in [0, 0.1) is 0 Å². The van der Waals surface area contributed by atoms with Crippen molar-refractivity contribution in [2.24, 2.45) is 0 Å². The first-order valence-electron chi connectivity index (χ1n) is 7.96. The topological polar surface area (TPSA) is 72.5 Å². The van der Waals surface area contributed by atoms with E-state index < -0.39 is 6.04 Å². The molecular formula is C18H16BrN2O4+. The van der Waals surface area contributed by atoms with E-state index in [1.165, 1.54) is 4.90 Å². The van der Waals surface area contributed by atoms with Crippen molar-refractivity contribution in [2.75, 3.05) is 11.7 Å². The molecular weight excluding hydrogens is 388 g/mol. The minimum atomic E-state index is -0.401. The van der Waals surface area contributed by atoms with Gasteiger partial charge in [0.05, 0.1) is 12.1 Å². The fourth-order valence-electron chi connectivity index (χ4n) is 3.05. The summed E-state index contributed by atoms with van der Waals surface area (Å²) in [5, 5.41) is 1.90. The summed E-state index contributed by atoms with van der Waals surface area (Å²) in [5.74, 6) is 1.11. The number of hydrogen-bond acceptors (Lipinski definition) is 4. The van der Waals surface area contributed by atoms with Gasteiger partial charge in [0.25, 0.3) is 5.91 Å². The fraction of sp³-hybridized carbons (Fsp3) is 0.222. The third-order valence-corrected chi connectivity index (χ3v) is 4.87. The predicted octanol–water partition coefficient (Wildman–Crippen LogP) is 1.57. The minimum absolute atomic E-state index is 0.167. The van der Waals surface area contributed by atoms with Gasteiger partial charge in [-0.1, -0.05) is 15.9 Å². The van der Waals surface area contributed by atoms with Crippen LogP contribution >= 0.6 is 15.9 Å². The summed E-state index contributed by atoms with van der Waals surface area (Å²) < 4.78 is 11.6. The SMILES string of the molecule is O=C1C[C@@H]([NH2+]Cc2ccc3c(c2)OCO3)C(=O)N1c1ccc(Br)cc1. The lowest BCUT2D eigenvalue weighted by atomic mass is 10.1. The van der Waals surface area contributed by atoms with Gasteiger partial charge in [-0.3, -0.25) is 9.59 Å². The van der Waals surface area contributed by atoms with Crippen LogP contribution in [0.2, 0.25) is 0 Å². The summed E-state index contributed by atoms with van der Waals surface area (Å²) in [6, 6.07) is 12.5. The number of amides is 2. The number of carbonyl (C=O) groups excluding carboxylic acids is 2. The molecule has 2 amide bonds. The maximum Gasteiger partial charge on any atom is 0.292 e. The quantitative estimate of drug-likeness (QED) is 0.786. The van der Waals surface area contributed by atoms with E-state index in [9.17, 15) is 9.59 Å². The first-order valence-corrected chi connectivity index (χ1v) is 8.75. The number of hydrogen-bond donors (Lipinski definition) is 1. The van der Waals surface area contributed by atoms with E-state index in [1.807, 2.05) is 35.6 Å². The van der Waals surface area contributed by atoms with Crippen LogP contribution in [0.25, 0.3) is 0 Å². The van der Waals surface area contributed by atoms with Gasteiger partial charge in [0.2, 0.25) is 12.7 Å². The molecule has 2 aliphatic rings. The van der Waals surface area contributed by atoms with E-state index >= 15 is 0 Å². The molecule has 2 aromatic carbocycles. The van der Waals surface area contributed by atoms with Gasteiger partial charge in [-0.2, -0.15) is 0 Å². The third-order valence-electron chi connectivity index (χ3n) is 4.34. The number of nitrogens with zero attached hydrogens (tertiary/aromatic N) is 1. The zero-order valence-electron chi connectivity index (χ0n) is 13.3. The molecule has 0 aliphatic carbocycles. The molecule has 2 N–H and O–H groups in total. The summed E-state index contributed by atoms with van der Waals surface area (Å²) in [6.07, 6.45) is 0.208. The maximum absolute atomic E-state index is 12.6. The highest BCUT2D eigenvalue weighted by molar-refractivity contribution is 9.10. The van der Waals surface area contributed by atoms with Crippen LogP contribution in [0.5, 0.6) is 11.5 Å². The Bertz CT molecular complexity index is 837. The zero-order valence-corrected chi connectivity index (χ0v) is 14.9. The first kappa shape index (κ1) is 16.1. The van der Waals surface area contributed by atoms with Crippen LogP contribution in [0.4, 0.5) is 5.69 Å². The lowest BCUT2D eigenvalue weighted by molar-refractivity contribution is -0.690. The monoisotopic (exact) mass is 403 g/mol. The number of imide groups is 1. The van der Waals surface area contributed by atoms with Crippen molar-refractivity contribution in [3.8, 4) is 11.5 Å². The summed E-state index contributed by atoms with van der Waals surface area (Å²) in [7, 11) is 0. The number of quaternary nitrogens is 1. The van der Waals surface area contributed by atoms with Gasteiger partial charge in [-0.15, -0.1) is 0 Å². The van der Waals surface area contributed by atoms with Crippen molar-refractivity contribution in [1.82, 2.24) is 0 Å². The van der Waals surface area contributed by atoms with Gasteiger partial charge < -0.3 is 14.8 Å². The maximum atomic E-state index is 12.6. The van der Waals surface area contributed by atoms with Crippen LogP contribution in [0.1, 0.15) is 12.0 Å². The first-order chi connectivity index (χ1) is 12.1. The second-order valence-electron chi connectivity index (χ2n) is 5.98. The van der Waals surface area contributed by atoms with E-state index in [1.54, 1.807) is 12.1 Å². The van der Waals surface area contributed by atoms with Gasteiger partial charge >= 0.3 is 0 Å². The standard InChI is InChI=1S/C18H15BrN2O4/c19-12-2-4-13(5-3-12)21-17(22)8-14(18(21)23)20-9-11-1-6-15-16(7-11)25-10-24-15/h1-7,14,20H,8-10H2/p+1/t14-/m1/s1. The molecule has 4 rings (SSSR count). The van der Waals surface area contributed by atoms with Crippen LogP contribution in [0.3, 0.4) is 0 Å². The number of anilines is 1. The molecule has 2 aliphatic heterocycles. The third kappa shape index (κ3) is 3.12. The zero-order chi connectivity index (χ0) is 17.4. The average Bonchev–Trinajstić information content (AvgIpc) is 3.18. The summed E-state index contributed by atoms with van der Waals surface area (Å²) in [4.78, 5) is 26.2. The Hall–Kier alpha value is -2.38. The number of ether oxygens (including phenoxy) is 2. The highest BCUT2D eigenvalue weighted by Gasteiger charge is 2.42. The van der Waals surface area contributed by atoms with Crippen molar-refractivity contribution >= 4 is 33.4 Å². The van der Waals surface area contributed by atoms with Gasteiger partial charge in [-0.25, -0.2) is 4.90 Å². The average molecular weight is 404 g/mol. The van der Waals surface area contributed by atoms with Crippen molar-refractivity contribution in [3.63, 3.8) is 0 Å². The molecule has 1 saturated heterocycles. The summed E-state index contributed by atoms with van der Waals surface area (Å²) >= 11 is 3.35. The largest absolute Gasteiger partial charge is 0.454 e. The Morgan fingerprint density at radius 3 is 2.64 bits per heavy atom. The van der Waals surface area contributed by atoms with Crippen LogP contribution in [-0.2, 0) is 16.1 Å². The molecule has 0 radical (unpaired) electrons. The number of fused-ring (bicyclic) bond motifs is 1. The molecule has 0 unspecified atom stereocenters. The lowest BCUT2D eigenvalue weighted by Gasteiger charge is -2.14. The molecule has 1 atom stereocenters. The fourth-order valence-corrected chi connectivity index (χ4v) is 3.31. The number of halogens is 1. The van der Waals surface area contributed by atoms with Gasteiger partial charge in [0, 0.05) is 10.0 Å². The molecule has 25 heavy (non-hydrogen) atoms. The Morgan fingerprint density at radius 2 is 1.84 bits per heavy atom. The molecule has 2 aromatic rings. The molecule has 0 spiro atoms. The molecule has 128 valence electrons. The lowest BCUT2D eigenvalue weighted by Crippen LogP contribution is -2.90. The van der Waals surface area contributed by atoms with Crippen LogP contribution in [-0.4, -0.2) is 24.6 Å². The molecule has 1 fully saturated rings. The van der Waals surface area contributed by atoms with Gasteiger partial charge in [0.15, 0.2) is 17.5 Å². The van der Waals surface area contributed by atoms with Crippen molar-refractivity contribution in [1.29, 1.82) is 0 Å². The number of carbonyl (C=O) groups is 2. The second kappa shape index (κ2) is 6.50. The van der Waals surface area contributed by atoms with Crippen molar-refractivity contribution in [2.45, 2.75) is 19.0 Å². The van der Waals surface area contributed by atoms with Gasteiger partial charge in [0.1, 0.15) is 6.54 Å². The normalized spacial score (nSPS) is 18.9. The highest BCUT2D eigenvalue weighted by Crippen LogP contribution is 2.32. The van der Waals surface area contributed by atoms with Crippen LogP contribution < -0.4 is 19.7 Å². The molecule has 0 saturated carbocycles. The molecule has 0 aromatic heterocycles. The van der Waals surface area contributed by atoms with Gasteiger partial charge in [-0.05, 0) is 42.5 Å². The Balaban J connectivity index is 1.44. The number of nitrogens with two attached hydrogens (primary N) is 1. The minimum Gasteiger partial charge on any atom is -0.454 e.